The molecular formula is C11H13Cl2N. The van der Waals surface area contributed by atoms with Gasteiger partial charge in [-0.25, -0.2) is 0 Å². The Balaban J connectivity index is 1.80. The predicted molar refractivity (Wildman–Crippen MR) is 61.0 cm³/mol. The van der Waals surface area contributed by atoms with E-state index in [4.69, 9.17) is 23.2 Å². The van der Waals surface area contributed by atoms with E-state index >= 15 is 0 Å². The highest BCUT2D eigenvalue weighted by Crippen LogP contribution is 2.25. The third kappa shape index (κ3) is 2.63. The fourth-order valence-corrected chi connectivity index (χ4v) is 2.27. The van der Waals surface area contributed by atoms with Crippen LogP contribution in [0.15, 0.2) is 24.3 Å². The maximum absolute atomic E-state index is 5.89. The highest BCUT2D eigenvalue weighted by Gasteiger charge is 2.26. The molecule has 0 saturated heterocycles. The van der Waals surface area contributed by atoms with Crippen LogP contribution in [-0.4, -0.2) is 11.4 Å². The first-order valence-electron chi connectivity index (χ1n) is 4.86. The van der Waals surface area contributed by atoms with Crippen LogP contribution in [-0.2, 0) is 6.54 Å². The van der Waals surface area contributed by atoms with Gasteiger partial charge in [-0.15, -0.1) is 11.6 Å². The topological polar surface area (TPSA) is 12.0 Å². The van der Waals surface area contributed by atoms with E-state index in [1.165, 1.54) is 5.56 Å². The van der Waals surface area contributed by atoms with Gasteiger partial charge in [-0.05, 0) is 30.5 Å². The Morgan fingerprint density at radius 3 is 2.79 bits per heavy atom. The molecule has 14 heavy (non-hydrogen) atoms. The summed E-state index contributed by atoms with van der Waals surface area (Å²) in [5.74, 6) is 0. The van der Waals surface area contributed by atoms with Crippen molar-refractivity contribution in [2.45, 2.75) is 30.8 Å². The second-order valence-corrected chi connectivity index (χ2v) is 4.83. The number of benzene rings is 1. The molecule has 1 aliphatic rings. The predicted octanol–water partition coefficient (Wildman–Crippen LogP) is 3.20. The number of halogens is 2. The zero-order valence-corrected chi connectivity index (χ0v) is 9.35. The summed E-state index contributed by atoms with van der Waals surface area (Å²) >= 11 is 11.8. The molecule has 76 valence electrons. The van der Waals surface area contributed by atoms with Crippen LogP contribution in [0.1, 0.15) is 18.4 Å². The minimum Gasteiger partial charge on any atom is -0.310 e. The van der Waals surface area contributed by atoms with Crippen LogP contribution >= 0.6 is 23.2 Å². The van der Waals surface area contributed by atoms with Crippen LogP contribution < -0.4 is 5.32 Å². The molecule has 0 amide bonds. The zero-order valence-electron chi connectivity index (χ0n) is 7.84. The molecule has 0 aromatic heterocycles. The molecule has 0 heterocycles. The lowest BCUT2D eigenvalue weighted by molar-refractivity contribution is 0.345. The molecule has 1 fully saturated rings. The van der Waals surface area contributed by atoms with Crippen LogP contribution in [0, 0.1) is 0 Å². The Hall–Kier alpha value is -0.240. The Labute approximate surface area is 94.4 Å². The molecule has 1 N–H and O–H groups in total. The molecule has 0 unspecified atom stereocenters. The van der Waals surface area contributed by atoms with Gasteiger partial charge in [0.05, 0.1) is 0 Å². The fraction of sp³-hybridized carbons (Fsp3) is 0.455. The molecule has 1 aromatic rings. The lowest BCUT2D eigenvalue weighted by atomic mass is 9.92. The van der Waals surface area contributed by atoms with Crippen molar-refractivity contribution in [3.05, 3.63) is 34.9 Å². The van der Waals surface area contributed by atoms with E-state index in [1.54, 1.807) is 0 Å². The lowest BCUT2D eigenvalue weighted by Crippen LogP contribution is -2.41. The van der Waals surface area contributed by atoms with Gasteiger partial charge >= 0.3 is 0 Å². The summed E-state index contributed by atoms with van der Waals surface area (Å²) < 4.78 is 0. The maximum Gasteiger partial charge on any atom is 0.0409 e. The molecule has 3 heteroatoms. The van der Waals surface area contributed by atoms with E-state index in [1.807, 2.05) is 18.2 Å². The number of hydrogen-bond acceptors (Lipinski definition) is 1. The third-order valence-corrected chi connectivity index (χ3v) is 3.16. The number of nitrogens with one attached hydrogen (secondary N) is 1. The number of hydrogen-bond donors (Lipinski definition) is 1. The van der Waals surface area contributed by atoms with Crippen molar-refractivity contribution >= 4 is 23.2 Å². The van der Waals surface area contributed by atoms with Crippen LogP contribution in [0.5, 0.6) is 0 Å². The first kappa shape index (κ1) is 10.3. The molecule has 0 bridgehead atoms. The summed E-state index contributed by atoms with van der Waals surface area (Å²) in [6.45, 7) is 0.884. The smallest absolute Gasteiger partial charge is 0.0409 e. The van der Waals surface area contributed by atoms with Crippen molar-refractivity contribution in [1.82, 2.24) is 5.32 Å². The highest BCUT2D eigenvalue weighted by atomic mass is 35.5. The first-order chi connectivity index (χ1) is 6.74. The first-order valence-corrected chi connectivity index (χ1v) is 5.67. The molecule has 2 rings (SSSR count). The van der Waals surface area contributed by atoms with Gasteiger partial charge in [0.15, 0.2) is 0 Å². The van der Waals surface area contributed by atoms with Crippen LogP contribution in [0.25, 0.3) is 0 Å². The van der Waals surface area contributed by atoms with E-state index < -0.39 is 0 Å². The molecule has 1 aromatic carbocycles. The van der Waals surface area contributed by atoms with Gasteiger partial charge in [0.2, 0.25) is 0 Å². The third-order valence-electron chi connectivity index (χ3n) is 2.56. The van der Waals surface area contributed by atoms with Gasteiger partial charge in [-0.1, -0.05) is 23.7 Å². The normalized spacial score (nSPS) is 25.9. The van der Waals surface area contributed by atoms with Crippen molar-refractivity contribution in [2.24, 2.45) is 0 Å². The summed E-state index contributed by atoms with van der Waals surface area (Å²) in [7, 11) is 0. The molecule has 0 spiro atoms. The molecule has 0 atom stereocenters. The van der Waals surface area contributed by atoms with Gasteiger partial charge in [-0.3, -0.25) is 0 Å². The summed E-state index contributed by atoms with van der Waals surface area (Å²) in [5.41, 5.74) is 1.23. The largest absolute Gasteiger partial charge is 0.310 e. The van der Waals surface area contributed by atoms with Gasteiger partial charge in [0.25, 0.3) is 0 Å². The monoisotopic (exact) mass is 229 g/mol. The van der Waals surface area contributed by atoms with Crippen LogP contribution in [0.3, 0.4) is 0 Å². The summed E-state index contributed by atoms with van der Waals surface area (Å²) in [4.78, 5) is 0. The van der Waals surface area contributed by atoms with Crippen molar-refractivity contribution in [3.8, 4) is 0 Å². The molecular weight excluding hydrogens is 217 g/mol. The highest BCUT2D eigenvalue weighted by molar-refractivity contribution is 6.30. The molecule has 1 nitrogen and oxygen atoms in total. The lowest BCUT2D eigenvalue weighted by Gasteiger charge is -2.31. The molecule has 1 aliphatic carbocycles. The second-order valence-electron chi connectivity index (χ2n) is 3.78. The Bertz CT molecular complexity index is 308. The molecule has 0 aliphatic heterocycles. The SMILES string of the molecule is Clc1cccc(CNC2CC(Cl)C2)c1. The van der Waals surface area contributed by atoms with E-state index in [0.717, 1.165) is 24.4 Å². The van der Waals surface area contributed by atoms with Gasteiger partial charge in [0, 0.05) is 23.0 Å². The van der Waals surface area contributed by atoms with E-state index in [9.17, 15) is 0 Å². The van der Waals surface area contributed by atoms with Gasteiger partial charge < -0.3 is 5.32 Å². The zero-order chi connectivity index (χ0) is 9.97. The van der Waals surface area contributed by atoms with E-state index in [2.05, 4.69) is 11.4 Å². The van der Waals surface area contributed by atoms with E-state index in [0.29, 0.717) is 11.4 Å². The Morgan fingerprint density at radius 1 is 1.36 bits per heavy atom. The minimum absolute atomic E-state index is 0.381. The number of alkyl halides is 1. The number of rotatable bonds is 3. The van der Waals surface area contributed by atoms with Crippen molar-refractivity contribution in [3.63, 3.8) is 0 Å². The summed E-state index contributed by atoms with van der Waals surface area (Å²) in [6.07, 6.45) is 2.17. The van der Waals surface area contributed by atoms with Crippen LogP contribution in [0.4, 0.5) is 0 Å². The molecule has 1 saturated carbocycles. The van der Waals surface area contributed by atoms with Gasteiger partial charge in [-0.2, -0.15) is 0 Å². The maximum atomic E-state index is 5.89. The summed E-state index contributed by atoms with van der Waals surface area (Å²) in [6, 6.07) is 8.53. The van der Waals surface area contributed by atoms with Crippen molar-refractivity contribution < 1.29 is 0 Å². The standard InChI is InChI=1S/C11H13Cl2N/c12-9-3-1-2-8(4-9)7-14-11-5-10(13)6-11/h1-4,10-11,14H,5-7H2. The van der Waals surface area contributed by atoms with Crippen molar-refractivity contribution in [1.29, 1.82) is 0 Å². The Morgan fingerprint density at radius 2 is 2.14 bits per heavy atom. The minimum atomic E-state index is 0.381. The summed E-state index contributed by atoms with van der Waals surface area (Å²) in [5, 5.41) is 4.63. The quantitative estimate of drug-likeness (QED) is 0.786. The van der Waals surface area contributed by atoms with Crippen molar-refractivity contribution in [2.75, 3.05) is 0 Å². The average molecular weight is 230 g/mol. The van der Waals surface area contributed by atoms with Crippen LogP contribution in [0.2, 0.25) is 5.02 Å². The van der Waals surface area contributed by atoms with Gasteiger partial charge in [0.1, 0.15) is 0 Å². The fourth-order valence-electron chi connectivity index (χ4n) is 1.62. The second kappa shape index (κ2) is 4.52. The van der Waals surface area contributed by atoms with E-state index in [-0.39, 0.29) is 0 Å². The Kier molecular flexibility index (Phi) is 3.32. The molecule has 0 radical (unpaired) electrons. The average Bonchev–Trinajstić information content (AvgIpc) is 2.11.